The Morgan fingerprint density at radius 1 is 1.35 bits per heavy atom. The summed E-state index contributed by atoms with van der Waals surface area (Å²) in [6.07, 6.45) is 1.80. The lowest BCUT2D eigenvalue weighted by Crippen LogP contribution is -1.93. The zero-order valence-electron chi connectivity index (χ0n) is 11.4. The second-order valence-corrected chi connectivity index (χ2v) is 5.23. The van der Waals surface area contributed by atoms with Gasteiger partial charge in [-0.05, 0) is 12.5 Å². The molecule has 0 saturated heterocycles. The van der Waals surface area contributed by atoms with Crippen molar-refractivity contribution < 1.29 is 4.52 Å². The number of rotatable bonds is 4. The minimum atomic E-state index is -0.215. The third-order valence-corrected chi connectivity index (χ3v) is 3.64. The summed E-state index contributed by atoms with van der Waals surface area (Å²) < 4.78 is 7.12. The summed E-state index contributed by atoms with van der Waals surface area (Å²) in [7, 11) is 1.89. The monoisotopic (exact) mass is 290 g/mol. The lowest BCUT2D eigenvalue weighted by Gasteiger charge is -1.99. The normalized spacial score (nSPS) is 12.9. The van der Waals surface area contributed by atoms with Crippen LogP contribution < -0.4 is 0 Å². The molecule has 3 aromatic rings. The number of para-hydroxylation sites is 1. The molecule has 1 aromatic carbocycles. The maximum absolute atomic E-state index is 6.22. The molecule has 2 heterocycles. The number of fused-ring (bicyclic) bond motifs is 1. The van der Waals surface area contributed by atoms with Crippen molar-refractivity contribution in [2.45, 2.75) is 25.1 Å². The second-order valence-electron chi connectivity index (χ2n) is 4.70. The van der Waals surface area contributed by atoms with Crippen LogP contribution in [0.15, 0.2) is 28.8 Å². The molecule has 0 amide bonds. The fourth-order valence-corrected chi connectivity index (χ4v) is 2.52. The first-order chi connectivity index (χ1) is 9.70. The summed E-state index contributed by atoms with van der Waals surface area (Å²) in [6, 6.07) is 7.94. The molecule has 0 spiro atoms. The van der Waals surface area contributed by atoms with E-state index in [1.165, 1.54) is 0 Å². The van der Waals surface area contributed by atoms with Gasteiger partial charge in [0, 0.05) is 12.4 Å². The van der Waals surface area contributed by atoms with Crippen LogP contribution in [0.1, 0.15) is 31.0 Å². The number of aromatic nitrogens is 4. The van der Waals surface area contributed by atoms with Crippen molar-refractivity contribution in [3.05, 3.63) is 30.1 Å². The SMILES string of the molecule is CCCC(Cl)c1noc(-c2nn(C)c3ccccc23)n1. The van der Waals surface area contributed by atoms with Crippen molar-refractivity contribution in [2.75, 3.05) is 0 Å². The quantitative estimate of drug-likeness (QED) is 0.687. The number of benzene rings is 1. The minimum Gasteiger partial charge on any atom is -0.332 e. The fraction of sp³-hybridized carbons (Fsp3) is 0.357. The molecule has 2 aromatic heterocycles. The predicted octanol–water partition coefficient (Wildman–Crippen LogP) is 3.70. The number of alkyl halides is 1. The highest BCUT2D eigenvalue weighted by Gasteiger charge is 2.19. The molecule has 1 atom stereocenters. The molecule has 5 nitrogen and oxygen atoms in total. The van der Waals surface area contributed by atoms with Crippen molar-refractivity contribution in [2.24, 2.45) is 7.05 Å². The Morgan fingerprint density at radius 3 is 2.95 bits per heavy atom. The van der Waals surface area contributed by atoms with Gasteiger partial charge in [-0.3, -0.25) is 4.68 Å². The Labute approximate surface area is 121 Å². The summed E-state index contributed by atoms with van der Waals surface area (Å²) in [6.45, 7) is 2.07. The molecule has 104 valence electrons. The Balaban J connectivity index is 2.03. The second kappa shape index (κ2) is 5.25. The van der Waals surface area contributed by atoms with Crippen molar-refractivity contribution in [1.29, 1.82) is 0 Å². The first-order valence-corrected chi connectivity index (χ1v) is 7.04. The van der Waals surface area contributed by atoms with Gasteiger partial charge in [0.2, 0.25) is 0 Å². The van der Waals surface area contributed by atoms with Gasteiger partial charge in [-0.2, -0.15) is 10.1 Å². The molecule has 0 N–H and O–H groups in total. The van der Waals surface area contributed by atoms with E-state index < -0.39 is 0 Å². The molecular formula is C14H15ClN4O. The van der Waals surface area contributed by atoms with Crippen LogP contribution in [0.5, 0.6) is 0 Å². The lowest BCUT2D eigenvalue weighted by atomic mass is 10.2. The van der Waals surface area contributed by atoms with Gasteiger partial charge >= 0.3 is 0 Å². The summed E-state index contributed by atoms with van der Waals surface area (Å²) >= 11 is 6.22. The number of aryl methyl sites for hydroxylation is 1. The van der Waals surface area contributed by atoms with Gasteiger partial charge in [-0.25, -0.2) is 0 Å². The summed E-state index contributed by atoms with van der Waals surface area (Å²) in [5, 5.41) is 9.19. The van der Waals surface area contributed by atoms with Crippen LogP contribution in [0.25, 0.3) is 22.5 Å². The van der Waals surface area contributed by atoms with Gasteiger partial charge in [0.25, 0.3) is 5.89 Å². The van der Waals surface area contributed by atoms with E-state index in [1.807, 2.05) is 31.3 Å². The third-order valence-electron chi connectivity index (χ3n) is 3.22. The molecule has 6 heteroatoms. The third kappa shape index (κ3) is 2.18. The highest BCUT2D eigenvalue weighted by molar-refractivity contribution is 6.20. The van der Waals surface area contributed by atoms with Gasteiger partial charge in [0.1, 0.15) is 0 Å². The van der Waals surface area contributed by atoms with Crippen LogP contribution in [-0.4, -0.2) is 19.9 Å². The summed E-state index contributed by atoms with van der Waals surface area (Å²) in [5.41, 5.74) is 1.72. The lowest BCUT2D eigenvalue weighted by molar-refractivity contribution is 0.419. The van der Waals surface area contributed by atoms with E-state index in [0.29, 0.717) is 17.4 Å². The average molecular weight is 291 g/mol. The zero-order chi connectivity index (χ0) is 14.1. The molecule has 3 rings (SSSR count). The molecule has 0 radical (unpaired) electrons. The van der Waals surface area contributed by atoms with Crippen LogP contribution >= 0.6 is 11.6 Å². The minimum absolute atomic E-state index is 0.215. The highest BCUT2D eigenvalue weighted by Crippen LogP contribution is 2.29. The molecule has 0 bridgehead atoms. The largest absolute Gasteiger partial charge is 0.332 e. The van der Waals surface area contributed by atoms with Crippen molar-refractivity contribution in [1.82, 2.24) is 19.9 Å². The summed E-state index contributed by atoms with van der Waals surface area (Å²) in [4.78, 5) is 4.38. The molecule has 20 heavy (non-hydrogen) atoms. The first-order valence-electron chi connectivity index (χ1n) is 6.60. The molecule has 0 aliphatic heterocycles. The maximum Gasteiger partial charge on any atom is 0.279 e. The first kappa shape index (κ1) is 13.1. The van der Waals surface area contributed by atoms with Gasteiger partial charge in [0.15, 0.2) is 11.5 Å². The van der Waals surface area contributed by atoms with Crippen molar-refractivity contribution in [3.63, 3.8) is 0 Å². The fourth-order valence-electron chi connectivity index (χ4n) is 2.21. The van der Waals surface area contributed by atoms with Crippen LogP contribution in [0.4, 0.5) is 0 Å². The van der Waals surface area contributed by atoms with Gasteiger partial charge in [-0.15, -0.1) is 11.6 Å². The van der Waals surface area contributed by atoms with E-state index in [1.54, 1.807) is 4.68 Å². The number of nitrogens with zero attached hydrogens (tertiary/aromatic N) is 4. The molecule has 0 saturated carbocycles. The predicted molar refractivity (Wildman–Crippen MR) is 77.5 cm³/mol. The van der Waals surface area contributed by atoms with Crippen molar-refractivity contribution in [3.8, 4) is 11.6 Å². The van der Waals surface area contributed by atoms with Crippen LogP contribution in [0, 0.1) is 0 Å². The number of hydrogen-bond donors (Lipinski definition) is 0. The van der Waals surface area contributed by atoms with E-state index in [-0.39, 0.29) is 5.38 Å². The van der Waals surface area contributed by atoms with E-state index in [4.69, 9.17) is 16.1 Å². The Bertz CT molecular complexity index is 734. The number of hydrogen-bond acceptors (Lipinski definition) is 4. The standard InChI is InChI=1S/C14H15ClN4O/c1-3-6-10(15)13-16-14(20-18-13)12-9-7-4-5-8-11(9)19(2)17-12/h4-5,7-8,10H,3,6H2,1-2H3. The van der Waals surface area contributed by atoms with Crippen LogP contribution in [0.2, 0.25) is 0 Å². The van der Waals surface area contributed by atoms with Gasteiger partial charge < -0.3 is 4.52 Å². The Hall–Kier alpha value is -1.88. The van der Waals surface area contributed by atoms with Gasteiger partial charge in [-0.1, -0.05) is 36.7 Å². The smallest absolute Gasteiger partial charge is 0.279 e. The maximum atomic E-state index is 6.22. The molecule has 0 aliphatic carbocycles. The van der Waals surface area contributed by atoms with E-state index in [9.17, 15) is 0 Å². The van der Waals surface area contributed by atoms with E-state index in [0.717, 1.165) is 23.7 Å². The van der Waals surface area contributed by atoms with Crippen molar-refractivity contribution >= 4 is 22.5 Å². The molecule has 1 unspecified atom stereocenters. The average Bonchev–Trinajstić information content (AvgIpc) is 3.05. The molecule has 0 fully saturated rings. The summed E-state index contributed by atoms with van der Waals surface area (Å²) in [5.74, 6) is 0.941. The van der Waals surface area contributed by atoms with E-state index >= 15 is 0 Å². The zero-order valence-corrected chi connectivity index (χ0v) is 12.1. The Kier molecular flexibility index (Phi) is 3.44. The van der Waals surface area contributed by atoms with E-state index in [2.05, 4.69) is 22.2 Å². The Morgan fingerprint density at radius 2 is 2.15 bits per heavy atom. The van der Waals surface area contributed by atoms with Gasteiger partial charge in [0.05, 0.1) is 10.9 Å². The van der Waals surface area contributed by atoms with Crippen LogP contribution in [0.3, 0.4) is 0 Å². The molecular weight excluding hydrogens is 276 g/mol. The topological polar surface area (TPSA) is 56.7 Å². The van der Waals surface area contributed by atoms with Crippen LogP contribution in [-0.2, 0) is 7.05 Å². The number of halogens is 1. The highest BCUT2D eigenvalue weighted by atomic mass is 35.5. The molecule has 0 aliphatic rings.